The number of nitro groups is 1. The average molecular weight is 284 g/mol. The number of nitro benzene ring substituents is 1. The highest BCUT2D eigenvalue weighted by Gasteiger charge is 2.27. The molecule has 0 saturated heterocycles. The summed E-state index contributed by atoms with van der Waals surface area (Å²) in [6.45, 7) is 0. The molecule has 7 heteroatoms. The second kappa shape index (κ2) is 4.93. The molecule has 1 aliphatic rings. The van der Waals surface area contributed by atoms with E-state index in [1.165, 1.54) is 18.5 Å². The first-order valence-electron chi connectivity index (χ1n) is 6.41. The molecule has 7 nitrogen and oxygen atoms in total. The first-order valence-corrected chi connectivity index (χ1v) is 6.41. The summed E-state index contributed by atoms with van der Waals surface area (Å²) in [4.78, 5) is 32.0. The molecule has 0 radical (unpaired) electrons. The van der Waals surface area contributed by atoms with Crippen LogP contribution in [0.15, 0.2) is 30.9 Å². The van der Waals surface area contributed by atoms with Crippen molar-refractivity contribution in [1.82, 2.24) is 9.97 Å². The van der Waals surface area contributed by atoms with Crippen LogP contribution in [-0.2, 0) is 11.2 Å². The summed E-state index contributed by atoms with van der Waals surface area (Å²) in [5.41, 5.74) is 2.77. The van der Waals surface area contributed by atoms with Gasteiger partial charge in [0.25, 0.3) is 5.69 Å². The number of amides is 1. The standard InChI is InChI=1S/C14H12N4O3/c1-17-13(19)3-2-9-4-11(18(20)21)5-12(14(9)17)10-6-15-8-16-7-10/h4-8H,2-3H2,1H3. The Kier molecular flexibility index (Phi) is 3.09. The summed E-state index contributed by atoms with van der Waals surface area (Å²) in [6, 6.07) is 3.00. The lowest BCUT2D eigenvalue weighted by Crippen LogP contribution is -2.31. The number of fused-ring (bicyclic) bond motifs is 1. The Morgan fingerprint density at radius 3 is 2.62 bits per heavy atom. The predicted octanol–water partition coefficient (Wildman–Crippen LogP) is 1.96. The Morgan fingerprint density at radius 2 is 1.95 bits per heavy atom. The zero-order valence-electron chi connectivity index (χ0n) is 11.3. The van der Waals surface area contributed by atoms with Gasteiger partial charge in [0.2, 0.25) is 5.91 Å². The van der Waals surface area contributed by atoms with E-state index in [2.05, 4.69) is 9.97 Å². The van der Waals surface area contributed by atoms with Crippen LogP contribution in [0.5, 0.6) is 0 Å². The monoisotopic (exact) mass is 284 g/mol. The number of hydrogen-bond acceptors (Lipinski definition) is 5. The van der Waals surface area contributed by atoms with Gasteiger partial charge in [-0.2, -0.15) is 0 Å². The minimum Gasteiger partial charge on any atom is -0.315 e. The normalized spacial score (nSPS) is 14.0. The predicted molar refractivity (Wildman–Crippen MR) is 75.9 cm³/mol. The van der Waals surface area contributed by atoms with Gasteiger partial charge in [-0.05, 0) is 12.0 Å². The Hall–Kier alpha value is -2.83. The molecule has 2 aromatic rings. The molecule has 0 aliphatic carbocycles. The van der Waals surface area contributed by atoms with Crippen LogP contribution in [0.1, 0.15) is 12.0 Å². The largest absolute Gasteiger partial charge is 0.315 e. The van der Waals surface area contributed by atoms with Crippen molar-refractivity contribution in [3.05, 3.63) is 46.5 Å². The van der Waals surface area contributed by atoms with Crippen LogP contribution < -0.4 is 4.90 Å². The molecule has 1 aliphatic heterocycles. The molecule has 0 unspecified atom stereocenters. The summed E-state index contributed by atoms with van der Waals surface area (Å²) >= 11 is 0. The Bertz CT molecular complexity index is 730. The summed E-state index contributed by atoms with van der Waals surface area (Å²) in [5, 5.41) is 11.1. The summed E-state index contributed by atoms with van der Waals surface area (Å²) in [5.74, 6) is -0.00514. The van der Waals surface area contributed by atoms with Crippen LogP contribution in [0, 0.1) is 10.1 Å². The summed E-state index contributed by atoms with van der Waals surface area (Å²) < 4.78 is 0. The first-order chi connectivity index (χ1) is 10.1. The van der Waals surface area contributed by atoms with Crippen LogP contribution in [0.4, 0.5) is 11.4 Å². The van der Waals surface area contributed by atoms with Crippen molar-refractivity contribution in [2.75, 3.05) is 11.9 Å². The first kappa shape index (κ1) is 13.2. The van der Waals surface area contributed by atoms with Gasteiger partial charge in [0.15, 0.2) is 0 Å². The fourth-order valence-corrected chi connectivity index (χ4v) is 2.56. The Labute approximate surface area is 120 Å². The number of non-ortho nitro benzene ring substituents is 1. The van der Waals surface area contributed by atoms with E-state index in [0.29, 0.717) is 29.7 Å². The van der Waals surface area contributed by atoms with Crippen molar-refractivity contribution in [2.24, 2.45) is 0 Å². The molecule has 0 N–H and O–H groups in total. The van der Waals surface area contributed by atoms with Crippen LogP contribution in [0.25, 0.3) is 11.1 Å². The number of anilines is 1. The fourth-order valence-electron chi connectivity index (χ4n) is 2.56. The van der Waals surface area contributed by atoms with Crippen molar-refractivity contribution in [3.8, 4) is 11.1 Å². The highest BCUT2D eigenvalue weighted by molar-refractivity contribution is 6.01. The molecule has 21 heavy (non-hydrogen) atoms. The van der Waals surface area contributed by atoms with Gasteiger partial charge in [-0.15, -0.1) is 0 Å². The van der Waals surface area contributed by atoms with Gasteiger partial charge in [0.1, 0.15) is 6.33 Å². The lowest BCUT2D eigenvalue weighted by atomic mass is 9.94. The van der Waals surface area contributed by atoms with Gasteiger partial charge in [-0.3, -0.25) is 14.9 Å². The minimum absolute atomic E-state index is 0.00514. The van der Waals surface area contributed by atoms with Crippen LogP contribution >= 0.6 is 0 Å². The molecule has 0 saturated carbocycles. The minimum atomic E-state index is -0.427. The third kappa shape index (κ3) is 2.22. The van der Waals surface area contributed by atoms with E-state index in [4.69, 9.17) is 0 Å². The van der Waals surface area contributed by atoms with Crippen molar-refractivity contribution in [3.63, 3.8) is 0 Å². The van der Waals surface area contributed by atoms with Crippen molar-refractivity contribution in [1.29, 1.82) is 0 Å². The lowest BCUT2D eigenvalue weighted by Gasteiger charge is -2.28. The molecule has 1 amide bonds. The topological polar surface area (TPSA) is 89.2 Å². The van der Waals surface area contributed by atoms with Crippen LogP contribution in [-0.4, -0.2) is 27.8 Å². The fraction of sp³-hybridized carbons (Fsp3) is 0.214. The van der Waals surface area contributed by atoms with E-state index in [1.54, 1.807) is 24.3 Å². The lowest BCUT2D eigenvalue weighted by molar-refractivity contribution is -0.384. The zero-order valence-corrected chi connectivity index (χ0v) is 11.3. The maximum Gasteiger partial charge on any atom is 0.270 e. The summed E-state index contributed by atoms with van der Waals surface area (Å²) in [7, 11) is 1.68. The molecule has 3 rings (SSSR count). The van der Waals surface area contributed by atoms with Gasteiger partial charge >= 0.3 is 0 Å². The molecular weight excluding hydrogens is 272 g/mol. The van der Waals surface area contributed by atoms with Gasteiger partial charge in [0.05, 0.1) is 10.6 Å². The van der Waals surface area contributed by atoms with Gasteiger partial charge in [0, 0.05) is 49.1 Å². The smallest absolute Gasteiger partial charge is 0.270 e. The van der Waals surface area contributed by atoms with E-state index in [-0.39, 0.29) is 11.6 Å². The Morgan fingerprint density at radius 1 is 1.24 bits per heavy atom. The van der Waals surface area contributed by atoms with Crippen molar-refractivity contribution in [2.45, 2.75) is 12.8 Å². The summed E-state index contributed by atoms with van der Waals surface area (Å²) in [6.07, 6.45) is 5.41. The van der Waals surface area contributed by atoms with Gasteiger partial charge in [-0.1, -0.05) is 0 Å². The third-order valence-electron chi connectivity index (χ3n) is 3.57. The van der Waals surface area contributed by atoms with Gasteiger partial charge < -0.3 is 4.90 Å². The average Bonchev–Trinajstić information content (AvgIpc) is 2.50. The second-order valence-electron chi connectivity index (χ2n) is 4.84. The number of aromatic nitrogens is 2. The molecule has 106 valence electrons. The van der Waals surface area contributed by atoms with E-state index < -0.39 is 4.92 Å². The molecule has 0 atom stereocenters. The number of benzene rings is 1. The zero-order chi connectivity index (χ0) is 15.0. The van der Waals surface area contributed by atoms with Crippen LogP contribution in [0.3, 0.4) is 0 Å². The molecule has 1 aromatic carbocycles. The number of nitrogens with zero attached hydrogens (tertiary/aromatic N) is 4. The number of carbonyl (C=O) groups is 1. The van der Waals surface area contributed by atoms with E-state index in [0.717, 1.165) is 5.56 Å². The number of rotatable bonds is 2. The maximum absolute atomic E-state index is 11.9. The second-order valence-corrected chi connectivity index (χ2v) is 4.84. The van der Waals surface area contributed by atoms with Crippen LogP contribution in [0.2, 0.25) is 0 Å². The SMILES string of the molecule is CN1C(=O)CCc2cc([N+](=O)[O-])cc(-c3cncnc3)c21. The maximum atomic E-state index is 11.9. The molecule has 2 heterocycles. The van der Waals surface area contributed by atoms with Gasteiger partial charge in [-0.25, -0.2) is 9.97 Å². The third-order valence-corrected chi connectivity index (χ3v) is 3.57. The van der Waals surface area contributed by atoms with E-state index >= 15 is 0 Å². The molecule has 0 fully saturated rings. The molecule has 0 bridgehead atoms. The highest BCUT2D eigenvalue weighted by Crippen LogP contribution is 2.39. The number of aryl methyl sites for hydroxylation is 1. The van der Waals surface area contributed by atoms with E-state index in [1.807, 2.05) is 0 Å². The van der Waals surface area contributed by atoms with E-state index in [9.17, 15) is 14.9 Å². The Balaban J connectivity index is 2.28. The molecule has 1 aromatic heterocycles. The highest BCUT2D eigenvalue weighted by atomic mass is 16.6. The molecule has 0 spiro atoms. The molecular formula is C14H12N4O3. The van der Waals surface area contributed by atoms with Crippen molar-refractivity contribution >= 4 is 17.3 Å². The number of carbonyl (C=O) groups excluding carboxylic acids is 1. The number of hydrogen-bond donors (Lipinski definition) is 0. The van der Waals surface area contributed by atoms with Crippen molar-refractivity contribution < 1.29 is 9.72 Å². The quantitative estimate of drug-likeness (QED) is 0.621.